The summed E-state index contributed by atoms with van der Waals surface area (Å²) in [5.74, 6) is 0.299. The summed E-state index contributed by atoms with van der Waals surface area (Å²) in [5, 5.41) is 11.9. The van der Waals surface area contributed by atoms with Crippen LogP contribution in [0.1, 0.15) is 24.2 Å². The summed E-state index contributed by atoms with van der Waals surface area (Å²) in [6.45, 7) is 0.275. The molecule has 29 heavy (non-hydrogen) atoms. The van der Waals surface area contributed by atoms with E-state index in [0.717, 1.165) is 5.56 Å². The zero-order chi connectivity index (χ0) is 20.4. The number of carbonyl (C=O) groups is 1. The van der Waals surface area contributed by atoms with E-state index in [9.17, 15) is 9.59 Å². The Labute approximate surface area is 175 Å². The molecule has 0 unspecified atom stereocenters. The number of aromatic nitrogens is 2. The van der Waals surface area contributed by atoms with Gasteiger partial charge in [-0.3, -0.25) is 14.2 Å². The van der Waals surface area contributed by atoms with Gasteiger partial charge in [0.2, 0.25) is 0 Å². The molecule has 148 valence electrons. The maximum Gasteiger partial charge on any atom is 0.303 e. The van der Waals surface area contributed by atoms with Gasteiger partial charge in [-0.2, -0.15) is 0 Å². The molecule has 0 atom stereocenters. The number of furan rings is 1. The Kier molecular flexibility index (Phi) is 5.51. The number of benzene rings is 1. The van der Waals surface area contributed by atoms with Gasteiger partial charge in [0.25, 0.3) is 5.56 Å². The topological polar surface area (TPSA) is 85.3 Å². The Hall–Kier alpha value is -2.90. The first-order valence-corrected chi connectivity index (χ1v) is 10.3. The number of rotatable bonds is 7. The highest BCUT2D eigenvalue weighted by Gasteiger charge is 2.18. The highest BCUT2D eigenvalue weighted by atomic mass is 35.5. The number of halogens is 1. The summed E-state index contributed by atoms with van der Waals surface area (Å²) in [6.07, 6.45) is 2.30. The van der Waals surface area contributed by atoms with Gasteiger partial charge in [-0.05, 0) is 36.2 Å². The highest BCUT2D eigenvalue weighted by molar-refractivity contribution is 7.17. The van der Waals surface area contributed by atoms with Crippen molar-refractivity contribution in [2.45, 2.75) is 25.8 Å². The minimum Gasteiger partial charge on any atom is -0.481 e. The number of carboxylic acid groups (broad SMARTS) is 1. The Bertz CT molecular complexity index is 1230. The Morgan fingerprint density at radius 3 is 2.86 bits per heavy atom. The summed E-state index contributed by atoms with van der Waals surface area (Å²) >= 11 is 7.48. The molecule has 0 amide bonds. The molecule has 0 fully saturated rings. The third kappa shape index (κ3) is 4.11. The molecule has 8 heteroatoms. The summed E-state index contributed by atoms with van der Waals surface area (Å²) in [5.41, 5.74) is 1.44. The van der Waals surface area contributed by atoms with Gasteiger partial charge < -0.3 is 9.52 Å². The van der Waals surface area contributed by atoms with Crippen LogP contribution >= 0.6 is 22.9 Å². The van der Waals surface area contributed by atoms with Gasteiger partial charge in [-0.25, -0.2) is 4.98 Å². The van der Waals surface area contributed by atoms with E-state index in [4.69, 9.17) is 26.1 Å². The minimum absolute atomic E-state index is 0.0181. The monoisotopic (exact) mass is 428 g/mol. The van der Waals surface area contributed by atoms with Crippen LogP contribution in [0.2, 0.25) is 5.02 Å². The number of nitrogens with zero attached hydrogens (tertiary/aromatic N) is 2. The quantitative estimate of drug-likeness (QED) is 0.455. The van der Waals surface area contributed by atoms with E-state index in [1.807, 2.05) is 23.6 Å². The van der Waals surface area contributed by atoms with Gasteiger partial charge in [0.05, 0.1) is 11.6 Å². The number of thiophene rings is 1. The van der Waals surface area contributed by atoms with E-state index in [0.29, 0.717) is 45.2 Å². The van der Waals surface area contributed by atoms with Gasteiger partial charge in [0.1, 0.15) is 16.4 Å². The molecule has 6 nitrogen and oxygen atoms in total. The van der Waals surface area contributed by atoms with Gasteiger partial charge in [0.15, 0.2) is 0 Å². The number of hydrogen-bond donors (Lipinski definition) is 1. The summed E-state index contributed by atoms with van der Waals surface area (Å²) < 4.78 is 7.05. The van der Waals surface area contributed by atoms with Crippen molar-refractivity contribution >= 4 is 39.1 Å². The molecule has 0 saturated heterocycles. The Balaban J connectivity index is 1.82. The third-order valence-electron chi connectivity index (χ3n) is 4.58. The molecule has 1 N–H and O–H groups in total. The molecule has 3 heterocycles. The zero-order valence-electron chi connectivity index (χ0n) is 15.3. The Morgan fingerprint density at radius 2 is 2.14 bits per heavy atom. The SMILES string of the molecule is O=C(O)CCCn1c(Cc2cccc(Cl)c2)nc2scc(-c3ccco3)c2c1=O. The maximum atomic E-state index is 13.4. The van der Waals surface area contributed by atoms with Gasteiger partial charge >= 0.3 is 5.97 Å². The lowest BCUT2D eigenvalue weighted by molar-refractivity contribution is -0.137. The first-order valence-electron chi connectivity index (χ1n) is 9.04. The Morgan fingerprint density at radius 1 is 1.28 bits per heavy atom. The molecular weight excluding hydrogens is 412 g/mol. The maximum absolute atomic E-state index is 13.4. The molecule has 3 aromatic heterocycles. The summed E-state index contributed by atoms with van der Waals surface area (Å²) in [6, 6.07) is 11.0. The molecule has 0 aliphatic heterocycles. The fourth-order valence-electron chi connectivity index (χ4n) is 3.26. The van der Waals surface area contributed by atoms with Gasteiger partial charge in [0, 0.05) is 35.4 Å². The van der Waals surface area contributed by atoms with Gasteiger partial charge in [-0.15, -0.1) is 11.3 Å². The second-order valence-corrected chi connectivity index (χ2v) is 7.89. The average Bonchev–Trinajstić information content (AvgIpc) is 3.33. The van der Waals surface area contributed by atoms with Crippen molar-refractivity contribution < 1.29 is 14.3 Å². The zero-order valence-corrected chi connectivity index (χ0v) is 16.9. The van der Waals surface area contributed by atoms with Crippen LogP contribution in [0.5, 0.6) is 0 Å². The van der Waals surface area contributed by atoms with Crippen LogP contribution in [0, 0.1) is 0 Å². The van der Waals surface area contributed by atoms with Crippen LogP contribution in [0.3, 0.4) is 0 Å². The van der Waals surface area contributed by atoms with Gasteiger partial charge in [-0.1, -0.05) is 23.7 Å². The first kappa shape index (κ1) is 19.4. The lowest BCUT2D eigenvalue weighted by Gasteiger charge is -2.13. The molecule has 0 aliphatic carbocycles. The second-order valence-electron chi connectivity index (χ2n) is 6.60. The van der Waals surface area contributed by atoms with E-state index in [-0.39, 0.29) is 18.5 Å². The standard InChI is InChI=1S/C21H17ClN2O4S/c22-14-5-1-4-13(10-14)11-17-23-20-19(15(12-29-20)16-6-3-9-28-16)21(27)24(17)8-2-7-18(25)26/h1,3-6,9-10,12H,2,7-8,11H2,(H,25,26). The van der Waals surface area contributed by atoms with Crippen molar-refractivity contribution in [2.75, 3.05) is 0 Å². The van der Waals surface area contributed by atoms with Crippen LogP contribution in [-0.2, 0) is 17.8 Å². The molecule has 1 aromatic carbocycles. The number of fused-ring (bicyclic) bond motifs is 1. The highest BCUT2D eigenvalue weighted by Crippen LogP contribution is 2.31. The molecule has 0 bridgehead atoms. The van der Waals surface area contributed by atoms with E-state index in [1.54, 1.807) is 29.0 Å². The van der Waals surface area contributed by atoms with E-state index in [1.165, 1.54) is 11.3 Å². The normalized spacial score (nSPS) is 11.2. The fourth-order valence-corrected chi connectivity index (χ4v) is 4.41. The third-order valence-corrected chi connectivity index (χ3v) is 5.69. The average molecular weight is 429 g/mol. The van der Waals surface area contributed by atoms with Crippen molar-refractivity contribution in [1.29, 1.82) is 0 Å². The van der Waals surface area contributed by atoms with E-state index >= 15 is 0 Å². The molecule has 0 spiro atoms. The molecule has 0 radical (unpaired) electrons. The van der Waals surface area contributed by atoms with Crippen LogP contribution in [-0.4, -0.2) is 20.6 Å². The largest absolute Gasteiger partial charge is 0.481 e. The number of carboxylic acids is 1. The smallest absolute Gasteiger partial charge is 0.303 e. The lowest BCUT2D eigenvalue weighted by atomic mass is 10.1. The predicted molar refractivity (Wildman–Crippen MR) is 113 cm³/mol. The van der Waals surface area contributed by atoms with Crippen LogP contribution in [0.4, 0.5) is 0 Å². The lowest BCUT2D eigenvalue weighted by Crippen LogP contribution is -2.26. The minimum atomic E-state index is -0.893. The predicted octanol–water partition coefficient (Wildman–Crippen LogP) is 4.83. The number of hydrogen-bond acceptors (Lipinski definition) is 5. The van der Waals surface area contributed by atoms with E-state index in [2.05, 4.69) is 0 Å². The molecule has 0 saturated carbocycles. The molecule has 0 aliphatic rings. The van der Waals surface area contributed by atoms with Crippen LogP contribution in [0.25, 0.3) is 21.5 Å². The fraction of sp³-hybridized carbons (Fsp3) is 0.190. The summed E-state index contributed by atoms with van der Waals surface area (Å²) in [7, 11) is 0. The molecule has 4 rings (SSSR count). The van der Waals surface area contributed by atoms with Crippen LogP contribution < -0.4 is 5.56 Å². The second kappa shape index (κ2) is 8.23. The first-order chi connectivity index (χ1) is 14.0. The van der Waals surface area contributed by atoms with Crippen molar-refractivity contribution in [3.63, 3.8) is 0 Å². The number of aliphatic carboxylic acids is 1. The van der Waals surface area contributed by atoms with Crippen LogP contribution in [0.15, 0.2) is 57.3 Å². The summed E-state index contributed by atoms with van der Waals surface area (Å²) in [4.78, 5) is 29.7. The van der Waals surface area contributed by atoms with Crippen molar-refractivity contribution in [1.82, 2.24) is 9.55 Å². The molecular formula is C21H17ClN2O4S. The van der Waals surface area contributed by atoms with Crippen molar-refractivity contribution in [2.24, 2.45) is 0 Å². The van der Waals surface area contributed by atoms with Crippen molar-refractivity contribution in [3.8, 4) is 11.3 Å². The molecule has 4 aromatic rings. The van der Waals surface area contributed by atoms with Crippen molar-refractivity contribution in [3.05, 3.63) is 74.8 Å². The van der Waals surface area contributed by atoms with E-state index < -0.39 is 5.97 Å².